The van der Waals surface area contributed by atoms with E-state index in [4.69, 9.17) is 4.74 Å². The Morgan fingerprint density at radius 2 is 2.00 bits per heavy atom. The topological polar surface area (TPSA) is 38.3 Å². The molecule has 3 heteroatoms. The molecule has 0 heterocycles. The van der Waals surface area contributed by atoms with E-state index in [0.29, 0.717) is 12.6 Å². The van der Waals surface area contributed by atoms with E-state index in [-0.39, 0.29) is 5.97 Å². The summed E-state index contributed by atoms with van der Waals surface area (Å²) in [6, 6.07) is 0.495. The largest absolute Gasteiger partial charge is 0.465 e. The molecule has 0 radical (unpaired) electrons. The molecule has 0 spiro atoms. The van der Waals surface area contributed by atoms with Crippen LogP contribution in [0, 0.1) is 0 Å². The SMILES string of the molecule is CCOC(=O)C(C)(C)NC1CCCC1. The summed E-state index contributed by atoms with van der Waals surface area (Å²) in [5.74, 6) is -0.146. The molecule has 0 aliphatic heterocycles. The van der Waals surface area contributed by atoms with Gasteiger partial charge in [-0.05, 0) is 33.6 Å². The highest BCUT2D eigenvalue weighted by atomic mass is 16.5. The molecule has 0 bridgehead atoms. The highest BCUT2D eigenvalue weighted by Crippen LogP contribution is 2.20. The molecular formula is C11H21NO2. The molecule has 0 amide bonds. The van der Waals surface area contributed by atoms with E-state index in [1.165, 1.54) is 25.7 Å². The van der Waals surface area contributed by atoms with E-state index < -0.39 is 5.54 Å². The molecule has 1 N–H and O–H groups in total. The Balaban J connectivity index is 2.42. The van der Waals surface area contributed by atoms with E-state index in [1.807, 2.05) is 20.8 Å². The molecule has 1 aliphatic rings. The molecular weight excluding hydrogens is 178 g/mol. The summed E-state index contributed by atoms with van der Waals surface area (Å²) in [5.41, 5.74) is -0.537. The fourth-order valence-corrected chi connectivity index (χ4v) is 1.95. The molecule has 0 aromatic carbocycles. The smallest absolute Gasteiger partial charge is 0.325 e. The van der Waals surface area contributed by atoms with Gasteiger partial charge < -0.3 is 4.74 Å². The zero-order valence-corrected chi connectivity index (χ0v) is 9.43. The van der Waals surface area contributed by atoms with Gasteiger partial charge in [-0.15, -0.1) is 0 Å². The van der Waals surface area contributed by atoms with Crippen molar-refractivity contribution in [3.63, 3.8) is 0 Å². The normalized spacial score (nSPS) is 18.5. The third-order valence-electron chi connectivity index (χ3n) is 2.71. The van der Waals surface area contributed by atoms with Gasteiger partial charge in [0.15, 0.2) is 0 Å². The van der Waals surface area contributed by atoms with E-state index in [1.54, 1.807) is 0 Å². The van der Waals surface area contributed by atoms with Crippen LogP contribution in [0.4, 0.5) is 0 Å². The van der Waals surface area contributed by atoms with Gasteiger partial charge in [-0.1, -0.05) is 12.8 Å². The van der Waals surface area contributed by atoms with Crippen LogP contribution in [0.25, 0.3) is 0 Å². The Morgan fingerprint density at radius 1 is 1.43 bits per heavy atom. The van der Waals surface area contributed by atoms with E-state index in [0.717, 1.165) is 0 Å². The van der Waals surface area contributed by atoms with E-state index in [2.05, 4.69) is 5.32 Å². The van der Waals surface area contributed by atoms with Crippen molar-refractivity contribution in [1.29, 1.82) is 0 Å². The average molecular weight is 199 g/mol. The van der Waals surface area contributed by atoms with Crippen molar-refractivity contribution in [3.8, 4) is 0 Å². The van der Waals surface area contributed by atoms with Crippen molar-refractivity contribution in [2.45, 2.75) is 58.0 Å². The Kier molecular flexibility index (Phi) is 3.93. The van der Waals surface area contributed by atoms with Gasteiger partial charge in [0.2, 0.25) is 0 Å². The Hall–Kier alpha value is -0.570. The number of esters is 1. The highest BCUT2D eigenvalue weighted by molar-refractivity contribution is 5.79. The number of carbonyl (C=O) groups is 1. The van der Waals surface area contributed by atoms with Crippen molar-refractivity contribution < 1.29 is 9.53 Å². The maximum Gasteiger partial charge on any atom is 0.325 e. The molecule has 1 saturated carbocycles. The van der Waals surface area contributed by atoms with Crippen LogP contribution in [-0.4, -0.2) is 24.2 Å². The predicted molar refractivity (Wildman–Crippen MR) is 56.1 cm³/mol. The Labute approximate surface area is 86.2 Å². The minimum Gasteiger partial charge on any atom is -0.465 e. The number of hydrogen-bond donors (Lipinski definition) is 1. The molecule has 0 aromatic heterocycles. The van der Waals surface area contributed by atoms with Gasteiger partial charge in [0.1, 0.15) is 5.54 Å². The molecule has 0 saturated heterocycles. The molecule has 1 fully saturated rings. The van der Waals surface area contributed by atoms with Crippen LogP contribution in [0.1, 0.15) is 46.5 Å². The molecule has 82 valence electrons. The highest BCUT2D eigenvalue weighted by Gasteiger charge is 2.32. The first kappa shape index (κ1) is 11.5. The summed E-state index contributed by atoms with van der Waals surface area (Å²) < 4.78 is 5.02. The van der Waals surface area contributed by atoms with Crippen molar-refractivity contribution in [1.82, 2.24) is 5.32 Å². The summed E-state index contributed by atoms with van der Waals surface area (Å²) in [6.45, 7) is 6.07. The lowest BCUT2D eigenvalue weighted by Gasteiger charge is -2.27. The van der Waals surface area contributed by atoms with Gasteiger partial charge >= 0.3 is 5.97 Å². The van der Waals surface area contributed by atoms with Crippen LogP contribution in [0.3, 0.4) is 0 Å². The third kappa shape index (κ3) is 2.98. The fourth-order valence-electron chi connectivity index (χ4n) is 1.95. The Bertz CT molecular complexity index is 195. The molecule has 14 heavy (non-hydrogen) atoms. The van der Waals surface area contributed by atoms with Crippen LogP contribution < -0.4 is 5.32 Å². The maximum atomic E-state index is 11.6. The zero-order chi connectivity index (χ0) is 10.6. The van der Waals surface area contributed by atoms with Crippen molar-refractivity contribution >= 4 is 5.97 Å². The monoisotopic (exact) mass is 199 g/mol. The first-order chi connectivity index (χ1) is 6.56. The summed E-state index contributed by atoms with van der Waals surface area (Å²) >= 11 is 0. The van der Waals surface area contributed by atoms with Crippen LogP contribution in [-0.2, 0) is 9.53 Å². The molecule has 0 atom stereocenters. The lowest BCUT2D eigenvalue weighted by atomic mass is 10.0. The standard InChI is InChI=1S/C11H21NO2/c1-4-14-10(13)11(2,3)12-9-7-5-6-8-9/h9,12H,4-8H2,1-3H3. The number of hydrogen-bond acceptors (Lipinski definition) is 3. The van der Waals surface area contributed by atoms with Crippen molar-refractivity contribution in [2.75, 3.05) is 6.61 Å². The molecule has 1 rings (SSSR count). The van der Waals surface area contributed by atoms with Gasteiger partial charge in [-0.25, -0.2) is 0 Å². The van der Waals surface area contributed by atoms with Crippen LogP contribution in [0.5, 0.6) is 0 Å². The zero-order valence-electron chi connectivity index (χ0n) is 9.43. The first-order valence-corrected chi connectivity index (χ1v) is 5.51. The number of rotatable bonds is 4. The van der Waals surface area contributed by atoms with Crippen LogP contribution >= 0.6 is 0 Å². The van der Waals surface area contributed by atoms with Crippen molar-refractivity contribution in [2.24, 2.45) is 0 Å². The summed E-state index contributed by atoms with van der Waals surface area (Å²) in [4.78, 5) is 11.6. The number of ether oxygens (including phenoxy) is 1. The summed E-state index contributed by atoms with van der Waals surface area (Å²) in [7, 11) is 0. The molecule has 0 unspecified atom stereocenters. The number of carbonyl (C=O) groups excluding carboxylic acids is 1. The quantitative estimate of drug-likeness (QED) is 0.702. The fraction of sp³-hybridized carbons (Fsp3) is 0.909. The molecule has 0 aromatic rings. The van der Waals surface area contributed by atoms with Crippen LogP contribution in [0.15, 0.2) is 0 Å². The maximum absolute atomic E-state index is 11.6. The predicted octanol–water partition coefficient (Wildman–Crippen LogP) is 1.86. The second-order valence-corrected chi connectivity index (χ2v) is 4.47. The second kappa shape index (κ2) is 4.78. The minimum atomic E-state index is -0.537. The van der Waals surface area contributed by atoms with E-state index in [9.17, 15) is 4.79 Å². The molecule has 1 aliphatic carbocycles. The van der Waals surface area contributed by atoms with Crippen molar-refractivity contribution in [3.05, 3.63) is 0 Å². The lowest BCUT2D eigenvalue weighted by Crippen LogP contribution is -2.51. The second-order valence-electron chi connectivity index (χ2n) is 4.47. The lowest BCUT2D eigenvalue weighted by molar-refractivity contribution is -0.150. The summed E-state index contributed by atoms with van der Waals surface area (Å²) in [6.07, 6.45) is 4.92. The number of nitrogens with one attached hydrogen (secondary N) is 1. The Morgan fingerprint density at radius 3 is 2.50 bits per heavy atom. The summed E-state index contributed by atoms with van der Waals surface area (Å²) in [5, 5.41) is 3.37. The minimum absolute atomic E-state index is 0.146. The van der Waals surface area contributed by atoms with Gasteiger partial charge in [0.25, 0.3) is 0 Å². The van der Waals surface area contributed by atoms with Gasteiger partial charge in [0, 0.05) is 6.04 Å². The van der Waals surface area contributed by atoms with Gasteiger partial charge in [0.05, 0.1) is 6.61 Å². The average Bonchev–Trinajstić information content (AvgIpc) is 2.56. The first-order valence-electron chi connectivity index (χ1n) is 5.51. The van der Waals surface area contributed by atoms with Gasteiger partial charge in [-0.3, -0.25) is 10.1 Å². The molecule has 3 nitrogen and oxygen atoms in total. The van der Waals surface area contributed by atoms with Gasteiger partial charge in [-0.2, -0.15) is 0 Å². The van der Waals surface area contributed by atoms with E-state index >= 15 is 0 Å². The third-order valence-corrected chi connectivity index (χ3v) is 2.71. The van der Waals surface area contributed by atoms with Crippen LogP contribution in [0.2, 0.25) is 0 Å².